The Bertz CT molecular complexity index is 468. The van der Waals surface area contributed by atoms with Crippen LogP contribution in [-0.4, -0.2) is 48.8 Å². The molecule has 10 heteroatoms. The van der Waals surface area contributed by atoms with Crippen LogP contribution in [0.1, 0.15) is 0 Å². The molecule has 1 aromatic rings. The summed E-state index contributed by atoms with van der Waals surface area (Å²) in [6.45, 7) is 0. The zero-order valence-corrected chi connectivity index (χ0v) is 10.4. The van der Waals surface area contributed by atoms with E-state index in [9.17, 15) is 8.42 Å². The van der Waals surface area contributed by atoms with Crippen LogP contribution in [0.3, 0.4) is 0 Å². The van der Waals surface area contributed by atoms with Gasteiger partial charge in [0.2, 0.25) is 9.84 Å². The number of hydrogen-bond acceptors (Lipinski definition) is 7. The number of sulfone groups is 1. The maximum Gasteiger partial charge on any atom is 0.397 e. The van der Waals surface area contributed by atoms with Crippen molar-refractivity contribution in [2.45, 2.75) is 11.0 Å². The predicted molar refractivity (Wildman–Crippen MR) is 56.9 cm³/mol. The predicted octanol–water partition coefficient (Wildman–Crippen LogP) is -1.19. The van der Waals surface area contributed by atoms with Crippen molar-refractivity contribution in [3.8, 4) is 0 Å². The summed E-state index contributed by atoms with van der Waals surface area (Å²) >= 11 is 1.35. The highest BCUT2D eigenvalue weighted by Crippen LogP contribution is 2.00. The number of tetrazole rings is 1. The number of nitrogens with one attached hydrogen (secondary N) is 2. The van der Waals surface area contributed by atoms with Crippen molar-refractivity contribution >= 4 is 27.5 Å². The largest absolute Gasteiger partial charge is 0.484 e. The molecule has 0 saturated carbocycles. The highest BCUT2D eigenvalue weighted by Gasteiger charge is 2.21. The van der Waals surface area contributed by atoms with Gasteiger partial charge in [0.1, 0.15) is 5.10 Å². The Morgan fingerprint density at radius 2 is 2.38 bits per heavy atom. The number of H-pyrrole nitrogens is 1. The summed E-state index contributed by atoms with van der Waals surface area (Å²) in [7, 11) is -1.93. The van der Waals surface area contributed by atoms with Gasteiger partial charge in [-0.3, -0.25) is 5.41 Å². The third-order valence-electron chi connectivity index (χ3n) is 1.51. The van der Waals surface area contributed by atoms with Gasteiger partial charge >= 0.3 is 5.16 Å². The normalized spacial score (nSPS) is 11.4. The average molecular weight is 266 g/mol. The number of aromatic nitrogens is 4. The number of aromatic amines is 1. The summed E-state index contributed by atoms with van der Waals surface area (Å²) in [5, 5.41) is 16.6. The van der Waals surface area contributed by atoms with E-state index in [4.69, 9.17) is 5.41 Å². The van der Waals surface area contributed by atoms with Gasteiger partial charge in [0, 0.05) is 6.26 Å². The Kier molecular flexibility index (Phi) is 4.24. The third-order valence-corrected chi connectivity index (χ3v) is 3.28. The molecule has 0 spiro atoms. The quantitative estimate of drug-likeness (QED) is 0.393. The molecule has 0 unspecified atom stereocenters. The zero-order valence-electron chi connectivity index (χ0n) is 8.80. The van der Waals surface area contributed by atoms with E-state index in [2.05, 4.69) is 20.1 Å². The molecule has 2 N–H and O–H groups in total. The van der Waals surface area contributed by atoms with Crippen LogP contribution in [0.5, 0.6) is 0 Å². The number of methoxy groups -OCH3 is 1. The van der Waals surface area contributed by atoms with E-state index in [1.807, 2.05) is 0 Å². The van der Waals surface area contributed by atoms with Crippen LogP contribution in [0.25, 0.3) is 0 Å². The smallest absolute Gasteiger partial charge is 0.397 e. The van der Waals surface area contributed by atoms with Crippen molar-refractivity contribution in [1.29, 1.82) is 5.41 Å². The minimum Gasteiger partial charge on any atom is -0.484 e. The summed E-state index contributed by atoms with van der Waals surface area (Å²) in [5.74, 6) is 0.903. The van der Waals surface area contributed by atoms with E-state index in [-0.39, 0.29) is 11.1 Å². The molecular formula is C6H12N5O3S2+. The minimum absolute atomic E-state index is 0.147. The summed E-state index contributed by atoms with van der Waals surface area (Å²) < 4.78 is 26.8. The van der Waals surface area contributed by atoms with Crippen LogP contribution < -0.4 is 4.80 Å². The molecule has 0 amide bonds. The van der Waals surface area contributed by atoms with E-state index in [0.717, 1.165) is 6.26 Å². The zero-order chi connectivity index (χ0) is 12.2. The maximum atomic E-state index is 11.1. The molecule has 0 aromatic carbocycles. The molecule has 90 valence electrons. The monoisotopic (exact) mass is 266 g/mol. The van der Waals surface area contributed by atoms with Gasteiger partial charge in [0.15, 0.2) is 17.0 Å². The molecule has 0 aliphatic heterocycles. The molecule has 1 aromatic heterocycles. The second kappa shape index (κ2) is 5.25. The van der Waals surface area contributed by atoms with Crippen LogP contribution in [0.2, 0.25) is 0 Å². The first-order chi connectivity index (χ1) is 7.43. The van der Waals surface area contributed by atoms with E-state index in [0.29, 0.717) is 11.6 Å². The van der Waals surface area contributed by atoms with Crippen LogP contribution in [0, 0.1) is 5.41 Å². The third kappa shape index (κ3) is 3.77. The van der Waals surface area contributed by atoms with Crippen LogP contribution in [0.4, 0.5) is 0 Å². The highest BCUT2D eigenvalue weighted by atomic mass is 32.2. The summed E-state index contributed by atoms with van der Waals surface area (Å²) in [5.41, 5.74) is 0. The molecule has 0 aliphatic carbocycles. The van der Waals surface area contributed by atoms with Crippen molar-refractivity contribution in [3.05, 3.63) is 0 Å². The van der Waals surface area contributed by atoms with Gasteiger partial charge < -0.3 is 4.74 Å². The van der Waals surface area contributed by atoms with Gasteiger partial charge in [0.25, 0.3) is 0 Å². The number of nitrogens with zero attached hydrogens (tertiary/aromatic N) is 3. The Balaban J connectivity index is 2.51. The molecule has 0 atom stereocenters. The van der Waals surface area contributed by atoms with Crippen molar-refractivity contribution < 1.29 is 18.0 Å². The first-order valence-corrected chi connectivity index (χ1v) is 7.20. The van der Waals surface area contributed by atoms with Crippen molar-refractivity contribution in [3.63, 3.8) is 0 Å². The Hall–Kier alpha value is -1.16. The molecular weight excluding hydrogens is 254 g/mol. The van der Waals surface area contributed by atoms with E-state index < -0.39 is 9.84 Å². The van der Waals surface area contributed by atoms with Crippen LogP contribution >= 0.6 is 11.8 Å². The minimum atomic E-state index is -3.35. The van der Waals surface area contributed by atoms with Gasteiger partial charge in [-0.2, -0.15) is 5.10 Å². The fraction of sp³-hybridized carbons (Fsp3) is 0.667. The molecule has 0 fully saturated rings. The first kappa shape index (κ1) is 12.9. The Morgan fingerprint density at radius 3 is 2.88 bits per heavy atom. The molecule has 1 rings (SSSR count). The Labute approximate surface area is 96.8 Å². The number of ether oxygens (including phenoxy) is 1. The molecule has 1 heterocycles. The van der Waals surface area contributed by atoms with Gasteiger partial charge in [-0.05, 0) is 4.80 Å². The second-order valence-electron chi connectivity index (χ2n) is 2.88. The standard InChI is InChI=1S/C6H11N5O3S2/c1-14-5(7)3-15-4-11-9-6(8-10-11)16(2,12)13/h7H,3-4H2,1-2H3/p+1. The highest BCUT2D eigenvalue weighted by molar-refractivity contribution is 7.98. The van der Waals surface area contributed by atoms with Crippen molar-refractivity contribution in [2.24, 2.45) is 0 Å². The van der Waals surface area contributed by atoms with Crippen molar-refractivity contribution in [2.75, 3.05) is 19.1 Å². The van der Waals surface area contributed by atoms with Gasteiger partial charge in [0.05, 0.1) is 12.9 Å². The van der Waals surface area contributed by atoms with Crippen molar-refractivity contribution in [1.82, 2.24) is 15.4 Å². The topological polar surface area (TPSA) is 113 Å². The van der Waals surface area contributed by atoms with E-state index in [1.54, 1.807) is 0 Å². The Morgan fingerprint density at radius 1 is 1.69 bits per heavy atom. The molecule has 0 aliphatic rings. The molecule has 0 saturated heterocycles. The molecule has 16 heavy (non-hydrogen) atoms. The SMILES string of the molecule is COC(=N)CSC[n+]1nnc(S(C)(=O)=O)[nH]1. The summed E-state index contributed by atoms with van der Waals surface area (Å²) in [4.78, 5) is 1.28. The fourth-order valence-electron chi connectivity index (χ4n) is 0.749. The van der Waals surface area contributed by atoms with Gasteiger partial charge in [-0.15, -0.1) is 11.8 Å². The molecule has 0 bridgehead atoms. The van der Waals surface area contributed by atoms with E-state index in [1.165, 1.54) is 23.7 Å². The molecule has 0 radical (unpaired) electrons. The number of hydrogen-bond donors (Lipinski definition) is 2. The molecule has 8 nitrogen and oxygen atoms in total. The van der Waals surface area contributed by atoms with Crippen LogP contribution in [-0.2, 0) is 20.5 Å². The van der Waals surface area contributed by atoms with Gasteiger partial charge in [-0.25, -0.2) is 8.42 Å². The average Bonchev–Trinajstić information content (AvgIpc) is 2.65. The summed E-state index contributed by atoms with van der Waals surface area (Å²) in [6, 6.07) is 0. The fourth-order valence-corrected chi connectivity index (χ4v) is 1.89. The lowest BCUT2D eigenvalue weighted by Crippen LogP contribution is -2.38. The lowest BCUT2D eigenvalue weighted by molar-refractivity contribution is -0.789. The first-order valence-electron chi connectivity index (χ1n) is 4.15. The number of thioether (sulfide) groups is 1. The lowest BCUT2D eigenvalue weighted by atomic mass is 10.8. The maximum absolute atomic E-state index is 11.1. The lowest BCUT2D eigenvalue weighted by Gasteiger charge is -1.98. The second-order valence-corrected chi connectivity index (χ2v) is 5.77. The van der Waals surface area contributed by atoms with Crippen LogP contribution in [0.15, 0.2) is 5.16 Å². The van der Waals surface area contributed by atoms with Gasteiger partial charge in [-0.1, -0.05) is 0 Å². The van der Waals surface area contributed by atoms with E-state index >= 15 is 0 Å². The summed E-state index contributed by atoms with van der Waals surface area (Å²) in [6.07, 6.45) is 1.05. The number of rotatable bonds is 5.